The van der Waals surface area contributed by atoms with E-state index in [0.717, 1.165) is 0 Å². The summed E-state index contributed by atoms with van der Waals surface area (Å²) in [5.74, 6) is -2.94. The summed E-state index contributed by atoms with van der Waals surface area (Å²) in [5, 5.41) is 36.3. The van der Waals surface area contributed by atoms with E-state index >= 15 is 0 Å². The van der Waals surface area contributed by atoms with E-state index < -0.39 is 19.2 Å². The van der Waals surface area contributed by atoms with Crippen LogP contribution in [0.1, 0.15) is 99.8 Å². The fourth-order valence-corrected chi connectivity index (χ4v) is 9.24. The summed E-state index contributed by atoms with van der Waals surface area (Å²) < 4.78 is 0. The number of phenols is 2. The summed E-state index contributed by atoms with van der Waals surface area (Å²) in [6.07, 6.45) is 17.9. The zero-order valence-corrected chi connectivity index (χ0v) is 24.0. The number of hydrogen-bond acceptors (Lipinski definition) is 5. The molecule has 0 aromatic heterocycles. The SMILES string of the molecule is CCCC[P+](CCCC)(CCCC)CCCC.O=C(O)c1ccccc1O.O=C([O-])c1ccccc1O. The fraction of sp³-hybridized carbons (Fsp3) is 0.533. The second kappa shape index (κ2) is 20.5. The third-order valence-electron chi connectivity index (χ3n) is 6.20. The molecule has 0 aliphatic heterocycles. The Labute approximate surface area is 224 Å². The molecule has 0 fully saturated rings. The van der Waals surface area contributed by atoms with E-state index in [2.05, 4.69) is 27.7 Å². The summed E-state index contributed by atoms with van der Waals surface area (Å²) in [4.78, 5) is 20.4. The maximum Gasteiger partial charge on any atom is 0.339 e. The van der Waals surface area contributed by atoms with E-state index in [0.29, 0.717) is 0 Å². The van der Waals surface area contributed by atoms with Crippen LogP contribution in [0.15, 0.2) is 48.5 Å². The van der Waals surface area contributed by atoms with Gasteiger partial charge in [-0.1, -0.05) is 77.6 Å². The highest BCUT2D eigenvalue weighted by Gasteiger charge is 2.34. The van der Waals surface area contributed by atoms with Crippen molar-refractivity contribution in [1.82, 2.24) is 0 Å². The molecule has 7 heteroatoms. The summed E-state index contributed by atoms with van der Waals surface area (Å²) in [7, 11) is -0.562. The van der Waals surface area contributed by atoms with Gasteiger partial charge in [0.2, 0.25) is 0 Å². The summed E-state index contributed by atoms with van der Waals surface area (Å²) in [5.41, 5.74) is -0.245. The number of carbonyl (C=O) groups excluding carboxylic acids is 1. The van der Waals surface area contributed by atoms with Gasteiger partial charge in [0.1, 0.15) is 17.1 Å². The van der Waals surface area contributed by atoms with Crippen LogP contribution in [0.4, 0.5) is 0 Å². The fourth-order valence-electron chi connectivity index (χ4n) is 3.95. The summed E-state index contributed by atoms with van der Waals surface area (Å²) in [6.45, 7) is 9.42. The minimum Gasteiger partial charge on any atom is -0.545 e. The molecule has 208 valence electrons. The number of rotatable bonds is 14. The van der Waals surface area contributed by atoms with E-state index in [1.165, 1.54) is 81.7 Å². The van der Waals surface area contributed by atoms with Gasteiger partial charge in [-0.25, -0.2) is 4.79 Å². The van der Waals surface area contributed by atoms with Crippen LogP contribution in [0.3, 0.4) is 0 Å². The van der Waals surface area contributed by atoms with Crippen molar-refractivity contribution in [3.05, 3.63) is 59.7 Å². The standard InChI is InChI=1S/C16H36P.2C7H6O3/c1-5-9-13-17(14-10-6-2,15-11-7-3)16-12-8-4;2*8-6-4-2-1-3-5(6)7(9)10/h5-16H2,1-4H3;2*1-4,8H,(H,9,10)/q+1;;/p-1. The number of carboxylic acid groups (broad SMARTS) is 2. The van der Waals surface area contributed by atoms with Crippen molar-refractivity contribution in [1.29, 1.82) is 0 Å². The van der Waals surface area contributed by atoms with Crippen LogP contribution in [0.25, 0.3) is 0 Å². The molecule has 2 rings (SSSR count). The van der Waals surface area contributed by atoms with Gasteiger partial charge in [0.15, 0.2) is 0 Å². The molecule has 2 aromatic carbocycles. The van der Waals surface area contributed by atoms with Gasteiger partial charge < -0.3 is 25.2 Å². The van der Waals surface area contributed by atoms with Crippen molar-refractivity contribution < 1.29 is 30.0 Å². The van der Waals surface area contributed by atoms with Crippen molar-refractivity contribution in [3.63, 3.8) is 0 Å². The van der Waals surface area contributed by atoms with Crippen LogP contribution >= 0.6 is 7.26 Å². The summed E-state index contributed by atoms with van der Waals surface area (Å²) >= 11 is 0. The first-order chi connectivity index (χ1) is 17.7. The van der Waals surface area contributed by atoms with Crippen LogP contribution in [0.2, 0.25) is 0 Å². The minimum atomic E-state index is -1.36. The van der Waals surface area contributed by atoms with Crippen LogP contribution in [-0.4, -0.2) is 51.9 Å². The summed E-state index contributed by atoms with van der Waals surface area (Å²) in [6, 6.07) is 11.5. The van der Waals surface area contributed by atoms with E-state index in [1.54, 1.807) is 42.8 Å². The first kappa shape index (κ1) is 34.4. The van der Waals surface area contributed by atoms with Gasteiger partial charge in [0.05, 0.1) is 30.6 Å². The van der Waals surface area contributed by atoms with E-state index in [9.17, 15) is 14.7 Å². The van der Waals surface area contributed by atoms with Gasteiger partial charge >= 0.3 is 5.97 Å². The number of benzene rings is 2. The Morgan fingerprint density at radius 2 is 0.973 bits per heavy atom. The second-order valence-electron chi connectivity index (χ2n) is 9.28. The highest BCUT2D eigenvalue weighted by molar-refractivity contribution is 7.75. The van der Waals surface area contributed by atoms with Crippen molar-refractivity contribution in [2.75, 3.05) is 24.6 Å². The molecule has 6 nitrogen and oxygen atoms in total. The number of aromatic carboxylic acids is 2. The van der Waals surface area contributed by atoms with E-state index in [1.807, 2.05) is 0 Å². The molecule has 0 unspecified atom stereocenters. The van der Waals surface area contributed by atoms with Crippen molar-refractivity contribution >= 4 is 19.2 Å². The molecular formula is C30H47O6P. The van der Waals surface area contributed by atoms with Gasteiger partial charge in [-0.05, 0) is 49.9 Å². The molecule has 0 bridgehead atoms. The van der Waals surface area contributed by atoms with Crippen LogP contribution in [-0.2, 0) is 0 Å². The molecule has 2 aromatic rings. The smallest absolute Gasteiger partial charge is 0.339 e. The monoisotopic (exact) mass is 534 g/mol. The molecule has 0 heterocycles. The number of para-hydroxylation sites is 2. The Morgan fingerprint density at radius 1 is 0.649 bits per heavy atom. The van der Waals surface area contributed by atoms with Crippen molar-refractivity contribution in [3.8, 4) is 11.5 Å². The number of unbranched alkanes of at least 4 members (excludes halogenated alkanes) is 4. The lowest BCUT2D eigenvalue weighted by molar-refractivity contribution is -0.255. The first-order valence-corrected chi connectivity index (χ1v) is 16.1. The Bertz CT molecular complexity index is 806. The molecule has 37 heavy (non-hydrogen) atoms. The first-order valence-electron chi connectivity index (χ1n) is 13.5. The molecular weight excluding hydrogens is 487 g/mol. The average Bonchev–Trinajstić information content (AvgIpc) is 2.89. The quantitative estimate of drug-likeness (QED) is 0.224. The molecule has 0 spiro atoms. The maximum absolute atomic E-state index is 10.3. The molecule has 3 N–H and O–H groups in total. The lowest BCUT2D eigenvalue weighted by Crippen LogP contribution is -2.22. The van der Waals surface area contributed by atoms with Crippen LogP contribution in [0.5, 0.6) is 11.5 Å². The average molecular weight is 535 g/mol. The van der Waals surface area contributed by atoms with E-state index in [-0.39, 0.29) is 22.6 Å². The molecule has 0 radical (unpaired) electrons. The van der Waals surface area contributed by atoms with Crippen LogP contribution in [0, 0.1) is 0 Å². The predicted molar refractivity (Wildman–Crippen MR) is 154 cm³/mol. The van der Waals surface area contributed by atoms with Gasteiger partial charge in [0.25, 0.3) is 0 Å². The maximum atomic E-state index is 10.3. The molecule has 0 aliphatic carbocycles. The van der Waals surface area contributed by atoms with Gasteiger partial charge in [-0.15, -0.1) is 0 Å². The predicted octanol–water partition coefficient (Wildman–Crippen LogP) is 7.05. The Balaban J connectivity index is 0.000000555. The number of aromatic hydroxyl groups is 2. The van der Waals surface area contributed by atoms with E-state index in [4.69, 9.17) is 15.3 Å². The highest BCUT2D eigenvalue weighted by Crippen LogP contribution is 2.61. The Kier molecular flexibility index (Phi) is 19.0. The van der Waals surface area contributed by atoms with Crippen molar-refractivity contribution in [2.45, 2.75) is 79.1 Å². The topological polar surface area (TPSA) is 118 Å². The number of hydrogen-bond donors (Lipinski definition) is 3. The zero-order chi connectivity index (χ0) is 28.1. The third-order valence-corrected chi connectivity index (χ3v) is 11.3. The van der Waals surface area contributed by atoms with Crippen molar-refractivity contribution in [2.24, 2.45) is 0 Å². The lowest BCUT2D eigenvalue weighted by atomic mass is 10.2. The second-order valence-corrected chi connectivity index (χ2v) is 13.7. The highest BCUT2D eigenvalue weighted by atomic mass is 31.2. The van der Waals surface area contributed by atoms with Gasteiger partial charge in [-0.3, -0.25) is 0 Å². The molecule has 0 saturated heterocycles. The minimum absolute atomic E-state index is 0.0671. The number of carboxylic acids is 2. The Hall–Kier alpha value is -2.59. The largest absolute Gasteiger partial charge is 0.545 e. The lowest BCUT2D eigenvalue weighted by Gasteiger charge is -2.28. The number of carbonyl (C=O) groups is 2. The van der Waals surface area contributed by atoms with Gasteiger partial charge in [-0.2, -0.15) is 0 Å². The molecule has 0 aliphatic rings. The third kappa shape index (κ3) is 14.7. The Morgan fingerprint density at radius 3 is 1.19 bits per heavy atom. The molecule has 0 atom stereocenters. The normalized spacial score (nSPS) is 10.5. The van der Waals surface area contributed by atoms with Gasteiger partial charge in [0, 0.05) is 12.8 Å². The van der Waals surface area contributed by atoms with Crippen LogP contribution < -0.4 is 5.11 Å². The zero-order valence-electron chi connectivity index (χ0n) is 23.1. The molecule has 0 saturated carbocycles. The molecule has 0 amide bonds.